The molecule has 2 aromatic rings. The zero-order chi connectivity index (χ0) is 55.3. The highest BCUT2D eigenvalue weighted by molar-refractivity contribution is 5.96. The number of nitrogens with one attached hydrogen (secondary N) is 6. The van der Waals surface area contributed by atoms with Crippen molar-refractivity contribution in [2.75, 3.05) is 40.3 Å². The molecule has 0 radical (unpaired) electrons. The van der Waals surface area contributed by atoms with Gasteiger partial charge in [-0.3, -0.25) is 38.4 Å². The molecule has 2 saturated carbocycles. The van der Waals surface area contributed by atoms with Crippen molar-refractivity contribution < 1.29 is 38.4 Å². The van der Waals surface area contributed by atoms with Crippen molar-refractivity contribution in [2.45, 2.75) is 215 Å². The second-order valence-electron chi connectivity index (χ2n) is 23.1. The predicted molar refractivity (Wildman–Crippen MR) is 297 cm³/mol. The summed E-state index contributed by atoms with van der Waals surface area (Å²) >= 11 is 0. The van der Waals surface area contributed by atoms with Gasteiger partial charge in [0.25, 0.3) is 0 Å². The standard InChI is InChI=1S/C60H88N10O8/c1-39(61-3)55(73)65-49-37-67(35-33-43-29-31-51(69(43)59(49)77)57(75)63-47-25-17-23-45(47)41-19-11-9-12-20-41)53(71)27-15-7-5-6-8-16-28-54(72)68-36-34-44-30-32-52(70(44)60(78)50(38-68)66-56(74)40(2)62-4)58(76)64-48-26-18-24-46(48)42-21-13-10-14-22-42/h9-14,19-22,39-40,43-52,61-62H,5-8,15-18,23-38H2,1-4H3,(H,63,75)(H,64,76)(H,65,73)(H,66,74)/t39-,40-,43+,44+,45-,46-,47-,48-,49-,50-,51-,52?/m0/s1. The minimum absolute atomic E-state index is 0.0156. The maximum Gasteiger partial charge on any atom is 0.247 e. The maximum atomic E-state index is 14.5. The largest absolute Gasteiger partial charge is 0.351 e. The van der Waals surface area contributed by atoms with Crippen molar-refractivity contribution >= 4 is 47.3 Å². The molecule has 4 heterocycles. The van der Waals surface area contributed by atoms with E-state index in [4.69, 9.17) is 0 Å². The Hall–Kier alpha value is -5.88. The lowest BCUT2D eigenvalue weighted by atomic mass is 9.94. The van der Waals surface area contributed by atoms with E-state index in [9.17, 15) is 38.4 Å². The summed E-state index contributed by atoms with van der Waals surface area (Å²) in [5, 5.41) is 18.4. The zero-order valence-electron chi connectivity index (χ0n) is 46.7. The maximum absolute atomic E-state index is 14.5. The van der Waals surface area contributed by atoms with Crippen molar-refractivity contribution in [3.05, 3.63) is 71.8 Å². The lowest BCUT2D eigenvalue weighted by Gasteiger charge is -2.39. The highest BCUT2D eigenvalue weighted by Crippen LogP contribution is 2.38. The first kappa shape index (κ1) is 58.3. The Morgan fingerprint density at radius 1 is 0.487 bits per heavy atom. The summed E-state index contributed by atoms with van der Waals surface area (Å²) in [6, 6.07) is 15.6. The highest BCUT2D eigenvalue weighted by Gasteiger charge is 2.48. The zero-order valence-corrected chi connectivity index (χ0v) is 46.7. The number of amides is 8. The summed E-state index contributed by atoms with van der Waals surface area (Å²) in [5.74, 6) is -1.35. The van der Waals surface area contributed by atoms with Gasteiger partial charge in [0.2, 0.25) is 47.3 Å². The Balaban J connectivity index is 0.793. The van der Waals surface area contributed by atoms with Crippen LogP contribution in [0.15, 0.2) is 60.7 Å². The number of carbonyl (C=O) groups is 8. The molecular formula is C60H88N10O8. The monoisotopic (exact) mass is 1080 g/mol. The van der Waals surface area contributed by atoms with E-state index >= 15 is 0 Å². The van der Waals surface area contributed by atoms with Gasteiger partial charge in [-0.2, -0.15) is 0 Å². The Bertz CT molecular complexity index is 2230. The number of nitrogens with zero attached hydrogens (tertiary/aromatic N) is 4. The quantitative estimate of drug-likeness (QED) is 0.0969. The first-order valence-corrected chi connectivity index (χ1v) is 29.6. The SMILES string of the molecule is CN[C@@H](C)C(=O)N[C@H]1CN(C(=O)CCCCCCCCC(=O)N2CC[C@H]3CC[C@@H](C(=O)N[C@H]4CCC[C@H]4c4ccccc4)N3C(=O)[C@@H](NC(=O)[C@H](C)NC)C2)CC[C@H]2CCC(C(=O)N[C@H]3CCC[C@H]3c3ccccc3)N2C1=O. The van der Waals surface area contributed by atoms with E-state index in [0.29, 0.717) is 77.3 Å². The number of unbranched alkanes of at least 4 members (excludes halogenated alkanes) is 5. The summed E-state index contributed by atoms with van der Waals surface area (Å²) in [5.41, 5.74) is 2.41. The van der Waals surface area contributed by atoms with Crippen molar-refractivity contribution in [1.29, 1.82) is 0 Å². The third-order valence-corrected chi connectivity index (χ3v) is 18.2. The molecule has 1 unspecified atom stereocenters. The summed E-state index contributed by atoms with van der Waals surface area (Å²) in [6.07, 6.45) is 14.5. The second kappa shape index (κ2) is 27.8. The third-order valence-electron chi connectivity index (χ3n) is 18.2. The van der Waals surface area contributed by atoms with E-state index < -0.39 is 36.3 Å². The van der Waals surface area contributed by atoms with E-state index in [1.807, 2.05) is 36.4 Å². The first-order valence-electron chi connectivity index (χ1n) is 29.6. The normalized spacial score (nSPS) is 28.1. The van der Waals surface area contributed by atoms with E-state index in [2.05, 4.69) is 56.2 Å². The fourth-order valence-corrected chi connectivity index (χ4v) is 13.4. The van der Waals surface area contributed by atoms with E-state index in [-0.39, 0.29) is 96.4 Å². The molecule has 2 aliphatic carbocycles. The van der Waals surface area contributed by atoms with Crippen LogP contribution >= 0.6 is 0 Å². The number of benzene rings is 2. The minimum atomic E-state index is -0.996. The molecule has 426 valence electrons. The van der Waals surface area contributed by atoms with Crippen molar-refractivity contribution in [2.24, 2.45) is 0 Å². The lowest BCUT2D eigenvalue weighted by Crippen LogP contribution is -2.62. The molecule has 6 fully saturated rings. The number of likely N-dealkylation sites (N-methyl/N-ethyl adjacent to an activating group) is 2. The van der Waals surface area contributed by atoms with Crippen LogP contribution in [0.4, 0.5) is 0 Å². The predicted octanol–water partition coefficient (Wildman–Crippen LogP) is 4.38. The minimum Gasteiger partial charge on any atom is -0.351 e. The molecule has 4 aliphatic heterocycles. The molecule has 6 aliphatic rings. The van der Waals surface area contributed by atoms with Gasteiger partial charge in [-0.1, -0.05) is 99.2 Å². The van der Waals surface area contributed by atoms with E-state index in [1.54, 1.807) is 47.5 Å². The number of carbonyl (C=O) groups excluding carboxylic acids is 8. The third kappa shape index (κ3) is 14.3. The summed E-state index contributed by atoms with van der Waals surface area (Å²) in [6.45, 7) is 4.33. The summed E-state index contributed by atoms with van der Waals surface area (Å²) < 4.78 is 0. The van der Waals surface area contributed by atoms with Gasteiger partial charge in [0.1, 0.15) is 24.2 Å². The fourth-order valence-electron chi connectivity index (χ4n) is 13.4. The molecule has 0 aromatic heterocycles. The Morgan fingerprint density at radius 3 is 1.26 bits per heavy atom. The molecule has 8 amide bonds. The van der Waals surface area contributed by atoms with Crippen LogP contribution in [0.1, 0.15) is 165 Å². The number of rotatable bonds is 21. The van der Waals surface area contributed by atoms with Gasteiger partial charge < -0.3 is 51.5 Å². The molecule has 78 heavy (non-hydrogen) atoms. The molecule has 0 spiro atoms. The average molecular weight is 1080 g/mol. The van der Waals surface area contributed by atoms with Crippen LogP contribution < -0.4 is 31.9 Å². The van der Waals surface area contributed by atoms with Crippen LogP contribution in [0.5, 0.6) is 0 Å². The Labute approximate surface area is 462 Å². The lowest BCUT2D eigenvalue weighted by molar-refractivity contribution is -0.147. The van der Waals surface area contributed by atoms with E-state index in [1.165, 1.54) is 11.1 Å². The van der Waals surface area contributed by atoms with Crippen LogP contribution in [-0.4, -0.2) is 168 Å². The van der Waals surface area contributed by atoms with Gasteiger partial charge in [-0.25, -0.2) is 0 Å². The molecular weight excluding hydrogens is 989 g/mol. The van der Waals surface area contributed by atoms with Crippen LogP contribution in [-0.2, 0) is 38.4 Å². The molecule has 4 saturated heterocycles. The summed E-state index contributed by atoms with van der Waals surface area (Å²) in [4.78, 5) is 118. The van der Waals surface area contributed by atoms with Crippen molar-refractivity contribution in [3.63, 3.8) is 0 Å². The average Bonchev–Trinajstić information content (AvgIpc) is 4.35. The summed E-state index contributed by atoms with van der Waals surface area (Å²) in [7, 11) is 3.35. The van der Waals surface area contributed by atoms with Crippen LogP contribution in [0.25, 0.3) is 0 Å². The van der Waals surface area contributed by atoms with Gasteiger partial charge in [0.15, 0.2) is 0 Å². The molecule has 0 bridgehead atoms. The molecule has 12 atom stereocenters. The molecule has 8 rings (SSSR count). The van der Waals surface area contributed by atoms with Gasteiger partial charge in [0, 0.05) is 75.0 Å². The number of hydrogen-bond donors (Lipinski definition) is 6. The van der Waals surface area contributed by atoms with Crippen molar-refractivity contribution in [1.82, 2.24) is 51.5 Å². The fraction of sp³-hybridized carbons (Fsp3) is 0.667. The van der Waals surface area contributed by atoms with Crippen LogP contribution in [0.3, 0.4) is 0 Å². The Kier molecular flexibility index (Phi) is 20.8. The molecule has 18 heteroatoms. The van der Waals surface area contributed by atoms with Gasteiger partial charge in [0.05, 0.1) is 12.1 Å². The van der Waals surface area contributed by atoms with Gasteiger partial charge >= 0.3 is 0 Å². The Morgan fingerprint density at radius 2 is 0.872 bits per heavy atom. The highest BCUT2D eigenvalue weighted by atomic mass is 16.2. The van der Waals surface area contributed by atoms with Crippen molar-refractivity contribution in [3.8, 4) is 0 Å². The topological polar surface area (TPSA) is 222 Å². The van der Waals surface area contributed by atoms with Crippen LogP contribution in [0.2, 0.25) is 0 Å². The molecule has 2 aromatic carbocycles. The smallest absolute Gasteiger partial charge is 0.247 e. The molecule has 18 nitrogen and oxygen atoms in total. The van der Waals surface area contributed by atoms with Crippen LogP contribution in [0, 0.1) is 0 Å². The number of fused-ring (bicyclic) bond motifs is 2. The molecule has 6 N–H and O–H groups in total. The first-order chi connectivity index (χ1) is 37.8. The second-order valence-corrected chi connectivity index (χ2v) is 23.1. The van der Waals surface area contributed by atoms with Gasteiger partial charge in [-0.15, -0.1) is 0 Å². The van der Waals surface area contributed by atoms with E-state index in [0.717, 1.165) is 64.2 Å². The van der Waals surface area contributed by atoms with Gasteiger partial charge in [-0.05, 0) is 116 Å². The number of hydrogen-bond acceptors (Lipinski definition) is 10.